The van der Waals surface area contributed by atoms with Gasteiger partial charge in [0.15, 0.2) is 6.29 Å². The van der Waals surface area contributed by atoms with E-state index in [1.165, 1.54) is 6.92 Å². The maximum Gasteiger partial charge on any atom is 0.302 e. The second-order valence-electron chi connectivity index (χ2n) is 5.94. The molecule has 0 saturated carbocycles. The molecule has 0 aromatic carbocycles. The summed E-state index contributed by atoms with van der Waals surface area (Å²) < 4.78 is 22.3. The highest BCUT2D eigenvalue weighted by molar-refractivity contribution is 5.65. The van der Waals surface area contributed by atoms with Gasteiger partial charge in [0.25, 0.3) is 0 Å². The van der Waals surface area contributed by atoms with Crippen molar-refractivity contribution in [2.24, 2.45) is 5.11 Å². The number of hydrogen-bond acceptors (Lipinski definition) is 7. The van der Waals surface area contributed by atoms with Crippen LogP contribution in [0.5, 0.6) is 0 Å². The molecule has 1 aliphatic rings. The lowest BCUT2D eigenvalue weighted by Gasteiger charge is -2.43. The molecule has 5 atom stereocenters. The minimum absolute atomic E-state index is 0.0696. The average Bonchev–Trinajstić information content (AvgIpc) is 2.58. The lowest BCUT2D eigenvalue weighted by Crippen LogP contribution is -2.60. The summed E-state index contributed by atoms with van der Waals surface area (Å²) in [5.41, 5.74) is 8.79. The van der Waals surface area contributed by atoms with Crippen LogP contribution in [-0.4, -0.2) is 61.5 Å². The van der Waals surface area contributed by atoms with E-state index in [1.807, 2.05) is 13.8 Å². The van der Waals surface area contributed by atoms with Crippen LogP contribution in [0.25, 0.3) is 10.4 Å². The molecule has 0 amide bonds. The van der Waals surface area contributed by atoms with Gasteiger partial charge >= 0.3 is 5.97 Å². The van der Waals surface area contributed by atoms with E-state index in [4.69, 9.17) is 24.5 Å². The number of carbonyl (C=O) groups excluding carboxylic acids is 1. The fourth-order valence-corrected chi connectivity index (χ4v) is 2.54. The molecule has 1 saturated heterocycles. The molecule has 0 spiro atoms. The number of unbranched alkanes of at least 4 members (excludes halogenated alkanes) is 2. The highest BCUT2D eigenvalue weighted by Gasteiger charge is 2.47. The van der Waals surface area contributed by atoms with Crippen LogP contribution in [0.4, 0.5) is 0 Å². The highest BCUT2D eigenvalue weighted by Crippen LogP contribution is 2.28. The lowest BCUT2D eigenvalue weighted by atomic mass is 9.97. The molecule has 0 radical (unpaired) electrons. The Morgan fingerprint density at radius 3 is 2.32 bits per heavy atom. The third kappa shape index (κ3) is 7.17. The van der Waals surface area contributed by atoms with Crippen LogP contribution in [0.2, 0.25) is 0 Å². The number of hydrogen-bond donors (Lipinski definition) is 1. The summed E-state index contributed by atoms with van der Waals surface area (Å²) in [6, 6.07) is -0.929. The number of nitrogens with zero attached hydrogens (tertiary/aromatic N) is 3. The first-order chi connectivity index (χ1) is 12.0. The van der Waals surface area contributed by atoms with E-state index in [9.17, 15) is 9.90 Å². The monoisotopic (exact) mass is 359 g/mol. The number of carbonyl (C=O) groups is 1. The average molecular weight is 359 g/mol. The van der Waals surface area contributed by atoms with Crippen molar-refractivity contribution in [2.75, 3.05) is 19.8 Å². The molecule has 1 aliphatic heterocycles. The fourth-order valence-electron chi connectivity index (χ4n) is 2.54. The van der Waals surface area contributed by atoms with Gasteiger partial charge in [-0.3, -0.25) is 4.79 Å². The fraction of sp³-hybridized carbons (Fsp3) is 0.938. The first-order valence-corrected chi connectivity index (χ1v) is 8.79. The van der Waals surface area contributed by atoms with Crippen molar-refractivity contribution >= 4 is 5.97 Å². The van der Waals surface area contributed by atoms with Crippen molar-refractivity contribution in [3.05, 3.63) is 10.4 Å². The Morgan fingerprint density at radius 1 is 1.20 bits per heavy atom. The molecule has 25 heavy (non-hydrogen) atoms. The van der Waals surface area contributed by atoms with E-state index >= 15 is 0 Å². The topological polar surface area (TPSA) is 123 Å². The zero-order valence-corrected chi connectivity index (χ0v) is 15.2. The zero-order valence-electron chi connectivity index (χ0n) is 15.2. The molecule has 144 valence electrons. The zero-order chi connectivity index (χ0) is 18.7. The number of esters is 1. The van der Waals surface area contributed by atoms with Crippen LogP contribution >= 0.6 is 0 Å². The Morgan fingerprint density at radius 2 is 1.80 bits per heavy atom. The van der Waals surface area contributed by atoms with Crippen LogP contribution in [-0.2, 0) is 23.7 Å². The predicted octanol–water partition coefficient (Wildman–Crippen LogP) is 2.32. The lowest BCUT2D eigenvalue weighted by molar-refractivity contribution is -0.268. The molecule has 1 heterocycles. The van der Waals surface area contributed by atoms with E-state index in [1.54, 1.807) is 0 Å². The Kier molecular flexibility index (Phi) is 10.4. The SMILES string of the molecule is CCCCOC1[C@H](N=[N+]=[N-])C(O)OC(COC(C)=O)[C@H]1OCCCC. The Labute approximate surface area is 148 Å². The summed E-state index contributed by atoms with van der Waals surface area (Å²) in [7, 11) is 0. The molecule has 0 aromatic heterocycles. The molecule has 3 unspecified atom stereocenters. The number of aliphatic hydroxyl groups excluding tert-OH is 1. The minimum atomic E-state index is -1.35. The molecule has 0 bridgehead atoms. The van der Waals surface area contributed by atoms with Crippen LogP contribution < -0.4 is 0 Å². The largest absolute Gasteiger partial charge is 0.463 e. The van der Waals surface area contributed by atoms with Crippen LogP contribution in [0.15, 0.2) is 5.11 Å². The quantitative estimate of drug-likeness (QED) is 0.198. The molecule has 0 aliphatic carbocycles. The van der Waals surface area contributed by atoms with Gasteiger partial charge in [0.2, 0.25) is 0 Å². The number of ether oxygens (including phenoxy) is 4. The summed E-state index contributed by atoms with van der Waals surface area (Å²) in [4.78, 5) is 13.9. The molecule has 9 heteroatoms. The molecular weight excluding hydrogens is 330 g/mol. The first kappa shape index (κ1) is 21.7. The summed E-state index contributed by atoms with van der Waals surface area (Å²) >= 11 is 0. The normalized spacial score (nSPS) is 29.0. The van der Waals surface area contributed by atoms with Gasteiger partial charge in [-0.05, 0) is 18.4 Å². The predicted molar refractivity (Wildman–Crippen MR) is 89.7 cm³/mol. The third-order valence-electron chi connectivity index (χ3n) is 3.89. The van der Waals surface area contributed by atoms with Gasteiger partial charge < -0.3 is 24.1 Å². The van der Waals surface area contributed by atoms with Gasteiger partial charge in [-0.2, -0.15) is 0 Å². The van der Waals surface area contributed by atoms with E-state index in [0.29, 0.717) is 13.2 Å². The Balaban J connectivity index is 2.95. The molecule has 1 fully saturated rings. The first-order valence-electron chi connectivity index (χ1n) is 8.79. The summed E-state index contributed by atoms with van der Waals surface area (Å²) in [6.45, 7) is 6.21. The van der Waals surface area contributed by atoms with E-state index in [2.05, 4.69) is 10.0 Å². The Bertz CT molecular complexity index is 444. The standard InChI is InChI=1S/C16H29N3O6/c1-4-6-8-22-14-12(10-24-11(3)20)25-16(21)13(18-19-17)15(14)23-9-7-5-2/h12-16,21H,4-10H2,1-3H3/t12?,13-,14+,15?,16?/m0/s1. The van der Waals surface area contributed by atoms with Crippen molar-refractivity contribution in [3.8, 4) is 0 Å². The van der Waals surface area contributed by atoms with Gasteiger partial charge in [0.1, 0.15) is 24.9 Å². The number of aliphatic hydroxyl groups is 1. The van der Waals surface area contributed by atoms with Gasteiger partial charge in [0, 0.05) is 25.0 Å². The number of rotatable bonds is 11. The molecule has 9 nitrogen and oxygen atoms in total. The van der Waals surface area contributed by atoms with E-state index in [-0.39, 0.29) is 6.61 Å². The van der Waals surface area contributed by atoms with Crippen LogP contribution in [0.1, 0.15) is 46.5 Å². The molecule has 1 rings (SSSR count). The second kappa shape index (κ2) is 12.1. The molecule has 0 aromatic rings. The molecular formula is C16H29N3O6. The van der Waals surface area contributed by atoms with Crippen molar-refractivity contribution in [3.63, 3.8) is 0 Å². The van der Waals surface area contributed by atoms with Gasteiger partial charge in [-0.25, -0.2) is 0 Å². The summed E-state index contributed by atoms with van der Waals surface area (Å²) in [5, 5.41) is 13.8. The minimum Gasteiger partial charge on any atom is -0.463 e. The van der Waals surface area contributed by atoms with Crippen LogP contribution in [0.3, 0.4) is 0 Å². The maximum atomic E-state index is 11.1. The Hall–Kier alpha value is -1.38. The van der Waals surface area contributed by atoms with Gasteiger partial charge in [-0.15, -0.1) is 0 Å². The van der Waals surface area contributed by atoms with E-state index in [0.717, 1.165) is 25.7 Å². The van der Waals surface area contributed by atoms with Gasteiger partial charge in [-0.1, -0.05) is 31.8 Å². The number of azide groups is 1. The van der Waals surface area contributed by atoms with Gasteiger partial charge in [0.05, 0.1) is 6.10 Å². The highest BCUT2D eigenvalue weighted by atomic mass is 16.7. The van der Waals surface area contributed by atoms with Crippen molar-refractivity contribution < 1.29 is 28.8 Å². The third-order valence-corrected chi connectivity index (χ3v) is 3.89. The summed E-state index contributed by atoms with van der Waals surface area (Å²) in [5.74, 6) is -0.453. The van der Waals surface area contributed by atoms with Crippen molar-refractivity contribution in [1.29, 1.82) is 0 Å². The summed E-state index contributed by atoms with van der Waals surface area (Å²) in [6.07, 6.45) is 0.217. The van der Waals surface area contributed by atoms with Crippen LogP contribution in [0, 0.1) is 0 Å². The second-order valence-corrected chi connectivity index (χ2v) is 5.94. The maximum absolute atomic E-state index is 11.1. The van der Waals surface area contributed by atoms with Crippen molar-refractivity contribution in [2.45, 2.75) is 77.1 Å². The van der Waals surface area contributed by atoms with Crippen molar-refractivity contribution in [1.82, 2.24) is 0 Å². The molecule has 1 N–H and O–H groups in total. The smallest absolute Gasteiger partial charge is 0.302 e. The van der Waals surface area contributed by atoms with E-state index < -0.39 is 36.6 Å².